The zero-order chi connectivity index (χ0) is 15.8. The van der Waals surface area contributed by atoms with Gasteiger partial charge < -0.3 is 9.55 Å². The molecular formula is C19H16ClN3. The summed E-state index contributed by atoms with van der Waals surface area (Å²) in [4.78, 5) is 4.74. The average molecular weight is 322 g/mol. The maximum Gasteiger partial charge on any atom is 0.113 e. The van der Waals surface area contributed by atoms with Gasteiger partial charge in [-0.15, -0.1) is 0 Å². The van der Waals surface area contributed by atoms with Gasteiger partial charge in [0.05, 0.1) is 12.5 Å². The number of aromatic nitrogens is 3. The van der Waals surface area contributed by atoms with Crippen molar-refractivity contribution in [3.63, 3.8) is 0 Å². The largest absolute Gasteiger partial charge is 0.435 e. The summed E-state index contributed by atoms with van der Waals surface area (Å²) < 4.78 is 4.17. The van der Waals surface area contributed by atoms with Crippen molar-refractivity contribution in [3.05, 3.63) is 83.4 Å². The molecule has 23 heavy (non-hydrogen) atoms. The summed E-state index contributed by atoms with van der Waals surface area (Å²) >= 11 is 6.24. The normalized spacial score (nSPS) is 11.2. The predicted octanol–water partition coefficient (Wildman–Crippen LogP) is 3.89. The second kappa shape index (κ2) is 5.60. The van der Waals surface area contributed by atoms with Crippen molar-refractivity contribution in [2.75, 3.05) is 0 Å². The van der Waals surface area contributed by atoms with Gasteiger partial charge >= 0.3 is 0 Å². The molecule has 0 atom stereocenters. The van der Waals surface area contributed by atoms with Crippen molar-refractivity contribution in [1.29, 1.82) is 0 Å². The lowest BCUT2D eigenvalue weighted by Gasteiger charge is -2.09. The van der Waals surface area contributed by atoms with Gasteiger partial charge in [-0.1, -0.05) is 54.1 Å². The number of aryl methyl sites for hydroxylation is 1. The highest BCUT2D eigenvalue weighted by Crippen LogP contribution is 2.22. The first kappa shape index (κ1) is 14.1. The first-order valence-electron chi connectivity index (χ1n) is 7.55. The first-order valence-corrected chi connectivity index (χ1v) is 7.93. The quantitative estimate of drug-likeness (QED) is 0.525. The van der Waals surface area contributed by atoms with Crippen molar-refractivity contribution < 1.29 is 4.57 Å². The molecule has 0 aliphatic rings. The molecular weight excluding hydrogens is 306 g/mol. The Balaban J connectivity index is 1.70. The molecule has 0 N–H and O–H groups in total. The second-order valence-corrected chi connectivity index (χ2v) is 6.07. The van der Waals surface area contributed by atoms with Crippen molar-refractivity contribution in [2.45, 2.75) is 13.5 Å². The summed E-state index contributed by atoms with van der Waals surface area (Å²) in [5, 5.41) is 2.00. The highest BCUT2D eigenvalue weighted by molar-refractivity contribution is 6.31. The minimum atomic E-state index is 0.742. The van der Waals surface area contributed by atoms with Crippen molar-refractivity contribution in [2.24, 2.45) is 0 Å². The molecule has 0 aliphatic carbocycles. The Bertz CT molecular complexity index is 981. The van der Waals surface area contributed by atoms with E-state index in [1.165, 1.54) is 10.9 Å². The van der Waals surface area contributed by atoms with Crippen molar-refractivity contribution in [1.82, 2.24) is 9.55 Å². The van der Waals surface area contributed by atoms with Gasteiger partial charge in [-0.2, -0.15) is 0 Å². The molecule has 4 heteroatoms. The van der Waals surface area contributed by atoms with E-state index in [9.17, 15) is 0 Å². The van der Waals surface area contributed by atoms with Crippen LogP contribution in [0.2, 0.25) is 5.02 Å². The van der Waals surface area contributed by atoms with Crippen molar-refractivity contribution >= 4 is 22.5 Å². The number of para-hydroxylation sites is 1. The number of fused-ring (bicyclic) bond motifs is 1. The smallest absolute Gasteiger partial charge is 0.113 e. The van der Waals surface area contributed by atoms with E-state index in [0.717, 1.165) is 28.5 Å². The highest BCUT2D eigenvalue weighted by Gasteiger charge is 2.05. The molecule has 0 radical (unpaired) electrons. The van der Waals surface area contributed by atoms with Gasteiger partial charge in [-0.05, 0) is 41.5 Å². The minimum Gasteiger partial charge on any atom is -0.435 e. The monoisotopic (exact) mass is 321 g/mol. The first-order chi connectivity index (χ1) is 11.2. The van der Waals surface area contributed by atoms with Gasteiger partial charge in [0.25, 0.3) is 0 Å². The number of hydrogen-bond donors (Lipinski definition) is 0. The van der Waals surface area contributed by atoms with Crippen LogP contribution in [-0.2, 0) is 6.54 Å². The Morgan fingerprint density at radius 1 is 1.09 bits per heavy atom. The van der Waals surface area contributed by atoms with Crippen LogP contribution in [0.25, 0.3) is 16.7 Å². The van der Waals surface area contributed by atoms with Crippen LogP contribution in [0, 0.1) is 6.92 Å². The van der Waals surface area contributed by atoms with Crippen molar-refractivity contribution in [3.8, 4) is 5.82 Å². The Kier molecular flexibility index (Phi) is 3.43. The maximum absolute atomic E-state index is 6.24. The Labute approximate surface area is 139 Å². The summed E-state index contributed by atoms with van der Waals surface area (Å²) in [5.41, 5.74) is 3.33. The summed E-state index contributed by atoms with van der Waals surface area (Å²) in [6.07, 6.45) is 6.13. The average Bonchev–Trinajstić information content (AvgIpc) is 3.15. The molecule has 2 aromatic heterocycles. The van der Waals surface area contributed by atoms with Crippen LogP contribution in [0.1, 0.15) is 11.1 Å². The lowest BCUT2D eigenvalue weighted by molar-refractivity contribution is -0.687. The van der Waals surface area contributed by atoms with E-state index in [1.807, 2.05) is 54.9 Å². The standard InChI is InChI=1S/C19H16ClN3/c1-14-16-7-3-5-9-18(16)21-19(14)23-11-10-22(13-23)12-15-6-2-4-8-17(15)20/h2-11,13H,12H2,1H3. The molecule has 3 nitrogen and oxygen atoms in total. The molecule has 2 aromatic carbocycles. The fraction of sp³-hybridized carbons (Fsp3) is 0.105. The van der Waals surface area contributed by atoms with Crippen LogP contribution in [-0.4, -0.2) is 4.57 Å². The number of imidazole rings is 1. The number of benzene rings is 2. The molecule has 0 bridgehead atoms. The molecule has 0 saturated heterocycles. The van der Waals surface area contributed by atoms with E-state index in [0.29, 0.717) is 0 Å². The fourth-order valence-corrected chi connectivity index (χ4v) is 3.09. The van der Waals surface area contributed by atoms with Crippen LogP contribution in [0.3, 0.4) is 0 Å². The van der Waals surface area contributed by atoms with Gasteiger partial charge in [0.15, 0.2) is 0 Å². The maximum atomic E-state index is 6.24. The lowest BCUT2D eigenvalue weighted by Crippen LogP contribution is -2.31. The van der Waals surface area contributed by atoms with Gasteiger partial charge in [-0.25, -0.2) is 0 Å². The van der Waals surface area contributed by atoms with Gasteiger partial charge in [0.1, 0.15) is 6.54 Å². The zero-order valence-corrected chi connectivity index (χ0v) is 13.5. The molecule has 4 rings (SSSR count). The number of hydrogen-bond acceptors (Lipinski definition) is 0. The van der Waals surface area contributed by atoms with E-state index >= 15 is 0 Å². The highest BCUT2D eigenvalue weighted by atomic mass is 35.5. The van der Waals surface area contributed by atoms with Crippen LogP contribution >= 0.6 is 11.6 Å². The molecule has 114 valence electrons. The van der Waals surface area contributed by atoms with Crippen LogP contribution < -0.4 is 9.55 Å². The molecule has 0 aliphatic heterocycles. The van der Waals surface area contributed by atoms with Crippen LogP contribution in [0.4, 0.5) is 0 Å². The second-order valence-electron chi connectivity index (χ2n) is 5.66. The number of halogens is 1. The zero-order valence-electron chi connectivity index (χ0n) is 12.8. The Hall–Kier alpha value is -2.52. The summed E-state index contributed by atoms with van der Waals surface area (Å²) in [7, 11) is 0. The van der Waals surface area contributed by atoms with E-state index in [-0.39, 0.29) is 0 Å². The summed E-state index contributed by atoms with van der Waals surface area (Å²) in [6.45, 7) is 2.86. The van der Waals surface area contributed by atoms with E-state index in [2.05, 4.69) is 28.5 Å². The Morgan fingerprint density at radius 2 is 1.87 bits per heavy atom. The molecule has 2 heterocycles. The third-order valence-electron chi connectivity index (χ3n) is 4.12. The summed E-state index contributed by atoms with van der Waals surface area (Å²) in [6, 6.07) is 16.2. The topological polar surface area (TPSA) is 22.9 Å². The van der Waals surface area contributed by atoms with Gasteiger partial charge in [0.2, 0.25) is 0 Å². The fourth-order valence-electron chi connectivity index (χ4n) is 2.89. The molecule has 0 saturated carbocycles. The molecule has 0 amide bonds. The third kappa shape index (κ3) is 2.53. The van der Waals surface area contributed by atoms with E-state index in [4.69, 9.17) is 16.6 Å². The van der Waals surface area contributed by atoms with E-state index in [1.54, 1.807) is 0 Å². The van der Waals surface area contributed by atoms with E-state index < -0.39 is 0 Å². The summed E-state index contributed by atoms with van der Waals surface area (Å²) in [5.74, 6) is 0.976. The molecule has 0 fully saturated rings. The molecule has 0 unspecified atom stereocenters. The predicted molar refractivity (Wildman–Crippen MR) is 92.1 cm³/mol. The van der Waals surface area contributed by atoms with Gasteiger partial charge in [0, 0.05) is 10.6 Å². The molecule has 4 aromatic rings. The lowest BCUT2D eigenvalue weighted by atomic mass is 10.2. The van der Waals surface area contributed by atoms with Crippen LogP contribution in [0.5, 0.6) is 0 Å². The van der Waals surface area contributed by atoms with Crippen LogP contribution in [0.15, 0.2) is 67.3 Å². The number of rotatable bonds is 3. The minimum absolute atomic E-state index is 0.742. The Morgan fingerprint density at radius 3 is 2.70 bits per heavy atom. The molecule has 0 spiro atoms. The SMILES string of the molecule is Cc1c(-n2cc[n+](Cc3ccccc3Cl)c2)[n-]c2ccccc12. The number of nitrogens with zero attached hydrogens (tertiary/aromatic N) is 3. The van der Waals surface area contributed by atoms with Gasteiger partial charge in [-0.3, -0.25) is 4.57 Å². The third-order valence-corrected chi connectivity index (χ3v) is 4.49.